The molecule has 1 N–H and O–H groups in total. The summed E-state index contributed by atoms with van der Waals surface area (Å²) >= 11 is 0. The third kappa shape index (κ3) is 2.61. The highest BCUT2D eigenvalue weighted by atomic mass is 16.5. The van der Waals surface area contributed by atoms with Crippen molar-refractivity contribution in [1.29, 1.82) is 0 Å². The summed E-state index contributed by atoms with van der Waals surface area (Å²) in [6, 6.07) is 3.69. The molecule has 5 heteroatoms. The van der Waals surface area contributed by atoms with Gasteiger partial charge in [-0.05, 0) is 58.1 Å². The molecule has 5 nitrogen and oxygen atoms in total. The molecule has 1 aromatic heterocycles. The molecule has 2 aromatic rings. The summed E-state index contributed by atoms with van der Waals surface area (Å²) in [6.45, 7) is 5.81. The van der Waals surface area contributed by atoms with E-state index in [1.54, 1.807) is 0 Å². The molecule has 1 aliphatic heterocycles. The van der Waals surface area contributed by atoms with E-state index in [0.717, 1.165) is 37.5 Å². The number of ketones is 1. The van der Waals surface area contributed by atoms with Crippen LogP contribution in [0.15, 0.2) is 16.5 Å². The number of carbonyl (C=O) groups excluding carboxylic acids is 2. The highest BCUT2D eigenvalue weighted by molar-refractivity contribution is 6.13. The zero-order valence-corrected chi connectivity index (χ0v) is 15.6. The van der Waals surface area contributed by atoms with E-state index in [2.05, 4.69) is 5.32 Å². The molecule has 138 valence electrons. The number of hydrogen-bond donors (Lipinski definition) is 1. The first-order valence-corrected chi connectivity index (χ1v) is 9.53. The van der Waals surface area contributed by atoms with Gasteiger partial charge < -0.3 is 14.5 Å². The van der Waals surface area contributed by atoms with Crippen molar-refractivity contribution >= 4 is 22.7 Å². The van der Waals surface area contributed by atoms with Gasteiger partial charge >= 0.3 is 0 Å². The van der Waals surface area contributed by atoms with Crippen molar-refractivity contribution in [3.05, 3.63) is 29.0 Å². The number of aryl methyl sites for hydroxylation is 1. The molecule has 1 atom stereocenters. The van der Waals surface area contributed by atoms with Crippen LogP contribution in [0.4, 0.5) is 0 Å². The molecular weight excluding hydrogens is 330 g/mol. The van der Waals surface area contributed by atoms with Crippen LogP contribution < -0.4 is 10.1 Å². The van der Waals surface area contributed by atoms with E-state index in [1.165, 1.54) is 0 Å². The predicted molar refractivity (Wildman–Crippen MR) is 98.9 cm³/mol. The summed E-state index contributed by atoms with van der Waals surface area (Å²) in [7, 11) is 0. The second-order valence-corrected chi connectivity index (χ2v) is 7.74. The Labute approximate surface area is 153 Å². The molecular formula is C21H25NO4. The lowest BCUT2D eigenvalue weighted by Gasteiger charge is -2.34. The first-order valence-electron chi connectivity index (χ1n) is 9.53. The lowest BCUT2D eigenvalue weighted by atomic mass is 9.87. The summed E-state index contributed by atoms with van der Waals surface area (Å²) in [5, 5.41) is 3.65. The topological polar surface area (TPSA) is 68.5 Å². The van der Waals surface area contributed by atoms with Crippen LogP contribution in [0.25, 0.3) is 11.0 Å². The minimum atomic E-state index is -0.327. The lowest BCUT2D eigenvalue weighted by molar-refractivity contribution is 0.0454. The molecule has 2 aliphatic rings. The number of hydrogen-bond acceptors (Lipinski definition) is 4. The Balaban J connectivity index is 1.78. The van der Waals surface area contributed by atoms with E-state index in [4.69, 9.17) is 9.15 Å². The van der Waals surface area contributed by atoms with Crippen molar-refractivity contribution in [1.82, 2.24) is 5.32 Å². The van der Waals surface area contributed by atoms with Crippen molar-refractivity contribution in [2.24, 2.45) is 0 Å². The van der Waals surface area contributed by atoms with Gasteiger partial charge in [0.1, 0.15) is 16.9 Å². The van der Waals surface area contributed by atoms with E-state index in [9.17, 15) is 9.59 Å². The summed E-state index contributed by atoms with van der Waals surface area (Å²) in [4.78, 5) is 25.5. The SMILES string of the molecule is CC[C@@H](C)NC(=O)c1oc2ccc3c(c2c1C)C(=O)CC1(CCCC1)O3. The van der Waals surface area contributed by atoms with Crippen molar-refractivity contribution < 1.29 is 18.7 Å². The molecule has 1 fully saturated rings. The van der Waals surface area contributed by atoms with E-state index in [0.29, 0.717) is 28.9 Å². The summed E-state index contributed by atoms with van der Waals surface area (Å²) in [6.07, 6.45) is 5.34. The maximum Gasteiger partial charge on any atom is 0.287 e. The normalized spacial score (nSPS) is 19.4. The number of carbonyl (C=O) groups is 2. The Bertz CT molecular complexity index is 889. The molecule has 1 amide bonds. The third-order valence-electron chi connectivity index (χ3n) is 5.86. The van der Waals surface area contributed by atoms with Crippen LogP contribution >= 0.6 is 0 Å². The van der Waals surface area contributed by atoms with Gasteiger partial charge in [-0.3, -0.25) is 9.59 Å². The number of rotatable bonds is 3. The van der Waals surface area contributed by atoms with Crippen LogP contribution in [-0.2, 0) is 0 Å². The predicted octanol–water partition coefficient (Wildman–Crippen LogP) is 4.55. The molecule has 0 radical (unpaired) electrons. The maximum atomic E-state index is 13.0. The average molecular weight is 355 g/mol. The molecule has 1 saturated carbocycles. The van der Waals surface area contributed by atoms with Crippen LogP contribution in [0.2, 0.25) is 0 Å². The third-order valence-corrected chi connectivity index (χ3v) is 5.86. The molecule has 1 spiro atoms. The van der Waals surface area contributed by atoms with E-state index >= 15 is 0 Å². The standard InChI is InChI=1S/C21H25NO4/c1-4-12(2)22-20(24)19-13(3)17-15(25-19)7-8-16-18(17)14(23)11-21(26-16)9-5-6-10-21/h7-8,12H,4-6,9-11H2,1-3H3,(H,22,24)/t12-/m1/s1. The van der Waals surface area contributed by atoms with Crippen molar-refractivity contribution in [3.8, 4) is 5.75 Å². The minimum Gasteiger partial charge on any atom is -0.486 e. The molecule has 0 saturated heterocycles. The van der Waals surface area contributed by atoms with Crippen LogP contribution in [0.1, 0.15) is 78.8 Å². The monoisotopic (exact) mass is 355 g/mol. The molecule has 1 aromatic carbocycles. The average Bonchev–Trinajstić information content (AvgIpc) is 3.19. The first-order chi connectivity index (χ1) is 12.4. The first kappa shape index (κ1) is 17.1. The van der Waals surface area contributed by atoms with Crippen molar-refractivity contribution in [3.63, 3.8) is 0 Å². The zero-order valence-electron chi connectivity index (χ0n) is 15.6. The smallest absolute Gasteiger partial charge is 0.287 e. The van der Waals surface area contributed by atoms with Gasteiger partial charge in [-0.2, -0.15) is 0 Å². The number of furan rings is 1. The van der Waals surface area contributed by atoms with Crippen LogP contribution in [0, 0.1) is 6.92 Å². The number of ether oxygens (including phenoxy) is 1. The molecule has 26 heavy (non-hydrogen) atoms. The van der Waals surface area contributed by atoms with E-state index in [1.807, 2.05) is 32.9 Å². The van der Waals surface area contributed by atoms with Gasteiger partial charge in [0.15, 0.2) is 11.5 Å². The summed E-state index contributed by atoms with van der Waals surface area (Å²) in [5.41, 5.74) is 1.52. The Morgan fingerprint density at radius 2 is 2.04 bits per heavy atom. The Kier molecular flexibility index (Phi) is 4.05. The fourth-order valence-corrected chi connectivity index (χ4v) is 4.24. The van der Waals surface area contributed by atoms with Gasteiger partial charge in [0.05, 0.1) is 12.0 Å². The van der Waals surface area contributed by atoms with Crippen molar-refractivity contribution in [2.75, 3.05) is 0 Å². The summed E-state index contributed by atoms with van der Waals surface area (Å²) < 4.78 is 12.1. The van der Waals surface area contributed by atoms with Gasteiger partial charge in [0.2, 0.25) is 0 Å². The Hall–Kier alpha value is -2.30. The Morgan fingerprint density at radius 3 is 2.73 bits per heavy atom. The number of amides is 1. The molecule has 0 bridgehead atoms. The zero-order chi connectivity index (χ0) is 18.5. The van der Waals surface area contributed by atoms with Crippen LogP contribution in [0.3, 0.4) is 0 Å². The number of nitrogens with one attached hydrogen (secondary N) is 1. The van der Waals surface area contributed by atoms with Gasteiger partial charge in [0, 0.05) is 17.0 Å². The van der Waals surface area contributed by atoms with Crippen LogP contribution in [0.5, 0.6) is 5.75 Å². The fraction of sp³-hybridized carbons (Fsp3) is 0.524. The quantitative estimate of drug-likeness (QED) is 0.877. The number of benzene rings is 1. The molecule has 0 unspecified atom stereocenters. The van der Waals surface area contributed by atoms with E-state index < -0.39 is 0 Å². The van der Waals surface area contributed by atoms with Gasteiger partial charge in [-0.15, -0.1) is 0 Å². The molecule has 1 aliphatic carbocycles. The fourth-order valence-electron chi connectivity index (χ4n) is 4.24. The number of Topliss-reactive ketones (excluding diaryl/α,β-unsaturated/α-hetero) is 1. The number of fused-ring (bicyclic) bond motifs is 3. The highest BCUT2D eigenvalue weighted by Gasteiger charge is 2.43. The lowest BCUT2D eigenvalue weighted by Crippen LogP contribution is -2.39. The molecule has 2 heterocycles. The second kappa shape index (κ2) is 6.15. The Morgan fingerprint density at radius 1 is 1.31 bits per heavy atom. The maximum absolute atomic E-state index is 13.0. The second-order valence-electron chi connectivity index (χ2n) is 7.74. The minimum absolute atomic E-state index is 0.0659. The van der Waals surface area contributed by atoms with E-state index in [-0.39, 0.29) is 29.1 Å². The van der Waals surface area contributed by atoms with Gasteiger partial charge in [-0.25, -0.2) is 0 Å². The van der Waals surface area contributed by atoms with Crippen molar-refractivity contribution in [2.45, 2.75) is 70.9 Å². The largest absolute Gasteiger partial charge is 0.486 e. The molecule has 4 rings (SSSR count). The van der Waals surface area contributed by atoms with Gasteiger partial charge in [-0.1, -0.05) is 6.92 Å². The van der Waals surface area contributed by atoms with Gasteiger partial charge in [0.25, 0.3) is 5.91 Å². The van der Waals surface area contributed by atoms with Crippen LogP contribution in [-0.4, -0.2) is 23.3 Å². The summed E-state index contributed by atoms with van der Waals surface area (Å²) in [5.74, 6) is 0.769. The highest BCUT2D eigenvalue weighted by Crippen LogP contribution is 2.46.